The van der Waals surface area contributed by atoms with Crippen molar-refractivity contribution < 1.29 is 18.4 Å². The summed E-state index contributed by atoms with van der Waals surface area (Å²) in [6.45, 7) is 3.73. The summed E-state index contributed by atoms with van der Waals surface area (Å²) in [5.74, 6) is 0.384. The lowest BCUT2D eigenvalue weighted by Crippen LogP contribution is -2.37. The molecule has 112 valence electrons. The summed E-state index contributed by atoms with van der Waals surface area (Å²) < 4.78 is 23.5. The number of ether oxygens (including phenoxy) is 1. The molecule has 0 saturated heterocycles. The van der Waals surface area contributed by atoms with Gasteiger partial charge < -0.3 is 14.2 Å². The number of carbonyl (C=O) groups excluding carboxylic acids is 1. The number of carbonyl (C=O) groups is 1. The second-order valence-corrected chi connectivity index (χ2v) is 4.84. The first-order valence-electron chi connectivity index (χ1n) is 6.55. The molecule has 5 nitrogen and oxygen atoms in total. The van der Waals surface area contributed by atoms with Crippen LogP contribution in [0.4, 0.5) is 4.39 Å². The molecule has 0 spiro atoms. The Morgan fingerprint density at radius 1 is 1.48 bits per heavy atom. The van der Waals surface area contributed by atoms with Crippen LogP contribution in [0.5, 0.6) is 5.75 Å². The van der Waals surface area contributed by atoms with Gasteiger partial charge in [0.25, 0.3) is 5.91 Å². The van der Waals surface area contributed by atoms with Gasteiger partial charge in [0, 0.05) is 19.2 Å². The second-order valence-electron chi connectivity index (χ2n) is 4.84. The fourth-order valence-electron chi connectivity index (χ4n) is 1.92. The molecule has 1 heterocycles. The highest BCUT2D eigenvalue weighted by Crippen LogP contribution is 2.15. The molecule has 21 heavy (non-hydrogen) atoms. The highest BCUT2D eigenvalue weighted by Gasteiger charge is 2.20. The van der Waals surface area contributed by atoms with Gasteiger partial charge in [-0.05, 0) is 26.0 Å². The van der Waals surface area contributed by atoms with Crippen molar-refractivity contribution in [2.75, 3.05) is 7.05 Å². The zero-order chi connectivity index (χ0) is 15.4. The zero-order valence-corrected chi connectivity index (χ0v) is 12.2. The minimum atomic E-state index is -0.718. The van der Waals surface area contributed by atoms with Gasteiger partial charge in [-0.3, -0.25) is 4.79 Å². The molecule has 1 amide bonds. The molecule has 2 aromatic rings. The van der Waals surface area contributed by atoms with Crippen molar-refractivity contribution in [2.45, 2.75) is 26.5 Å². The first-order chi connectivity index (χ1) is 9.95. The predicted molar refractivity (Wildman–Crippen MR) is 74.2 cm³/mol. The summed E-state index contributed by atoms with van der Waals surface area (Å²) in [6, 6.07) is 7.46. The summed E-state index contributed by atoms with van der Waals surface area (Å²) in [6.07, 6.45) is -0.718. The number of likely N-dealkylation sites (N-methyl/N-ethyl adjacent to an activating group) is 1. The molecule has 0 aliphatic rings. The Hall–Kier alpha value is -2.37. The molecule has 0 aliphatic heterocycles. The van der Waals surface area contributed by atoms with Gasteiger partial charge in [0.05, 0.1) is 6.54 Å². The van der Waals surface area contributed by atoms with Gasteiger partial charge in [0.2, 0.25) is 0 Å². The fraction of sp³-hybridized carbons (Fsp3) is 0.333. The smallest absolute Gasteiger partial charge is 0.263 e. The molecule has 2 rings (SSSR count). The molecule has 0 unspecified atom stereocenters. The first-order valence-corrected chi connectivity index (χ1v) is 6.55. The third kappa shape index (κ3) is 4.05. The monoisotopic (exact) mass is 292 g/mol. The molecule has 1 aromatic heterocycles. The van der Waals surface area contributed by atoms with Crippen LogP contribution in [0.3, 0.4) is 0 Å². The zero-order valence-electron chi connectivity index (χ0n) is 12.2. The molecule has 0 aliphatic carbocycles. The molecule has 1 atom stereocenters. The van der Waals surface area contributed by atoms with Crippen molar-refractivity contribution >= 4 is 5.91 Å². The van der Waals surface area contributed by atoms with E-state index in [0.717, 1.165) is 0 Å². The number of hydrogen-bond acceptors (Lipinski definition) is 4. The van der Waals surface area contributed by atoms with Crippen molar-refractivity contribution in [1.82, 2.24) is 10.1 Å². The second kappa shape index (κ2) is 6.39. The molecule has 0 saturated carbocycles. The Bertz CT molecular complexity index is 627. The average Bonchev–Trinajstić information content (AvgIpc) is 2.83. The van der Waals surface area contributed by atoms with E-state index in [0.29, 0.717) is 23.7 Å². The molecule has 1 aromatic carbocycles. The van der Waals surface area contributed by atoms with Gasteiger partial charge >= 0.3 is 0 Å². The van der Waals surface area contributed by atoms with Crippen LogP contribution in [0, 0.1) is 12.7 Å². The van der Waals surface area contributed by atoms with Crippen LogP contribution in [0.1, 0.15) is 18.4 Å². The maximum atomic E-state index is 13.1. The van der Waals surface area contributed by atoms with E-state index in [2.05, 4.69) is 5.16 Å². The quantitative estimate of drug-likeness (QED) is 0.850. The SMILES string of the molecule is Cc1cc(CN(C)C(=O)[C@H](C)Oc2cccc(F)c2)no1. The van der Waals surface area contributed by atoms with E-state index >= 15 is 0 Å². The molecular weight excluding hydrogens is 275 g/mol. The number of aryl methyl sites for hydroxylation is 1. The topological polar surface area (TPSA) is 55.6 Å². The minimum Gasteiger partial charge on any atom is -0.481 e. The number of nitrogens with zero attached hydrogens (tertiary/aromatic N) is 2. The highest BCUT2D eigenvalue weighted by molar-refractivity contribution is 5.80. The normalized spacial score (nSPS) is 12.0. The highest BCUT2D eigenvalue weighted by atomic mass is 19.1. The van der Waals surface area contributed by atoms with Gasteiger partial charge in [-0.25, -0.2) is 4.39 Å². The minimum absolute atomic E-state index is 0.222. The predicted octanol–water partition coefficient (Wildman–Crippen LogP) is 2.55. The average molecular weight is 292 g/mol. The Morgan fingerprint density at radius 2 is 2.24 bits per heavy atom. The molecule has 6 heteroatoms. The third-order valence-corrected chi connectivity index (χ3v) is 2.91. The van der Waals surface area contributed by atoms with Crippen molar-refractivity contribution in [3.63, 3.8) is 0 Å². The Morgan fingerprint density at radius 3 is 2.86 bits per heavy atom. The van der Waals surface area contributed by atoms with Crippen LogP contribution in [-0.2, 0) is 11.3 Å². The van der Waals surface area contributed by atoms with E-state index in [9.17, 15) is 9.18 Å². The van der Waals surface area contributed by atoms with Gasteiger partial charge in [-0.2, -0.15) is 0 Å². The van der Waals surface area contributed by atoms with Crippen molar-refractivity contribution in [1.29, 1.82) is 0 Å². The van der Waals surface area contributed by atoms with Crippen molar-refractivity contribution in [3.8, 4) is 5.75 Å². The fourth-order valence-corrected chi connectivity index (χ4v) is 1.92. The Balaban J connectivity index is 1.95. The van der Waals surface area contributed by atoms with Gasteiger partial charge in [-0.1, -0.05) is 11.2 Å². The number of aromatic nitrogens is 1. The van der Waals surface area contributed by atoms with E-state index in [1.165, 1.54) is 23.1 Å². The van der Waals surface area contributed by atoms with Crippen LogP contribution in [0.15, 0.2) is 34.9 Å². The lowest BCUT2D eigenvalue weighted by Gasteiger charge is -2.21. The maximum Gasteiger partial charge on any atom is 0.263 e. The van der Waals surface area contributed by atoms with Crippen LogP contribution in [0.25, 0.3) is 0 Å². The first kappa shape index (κ1) is 15.0. The molecule has 0 N–H and O–H groups in total. The van der Waals surface area contributed by atoms with Crippen LogP contribution >= 0.6 is 0 Å². The summed E-state index contributed by atoms with van der Waals surface area (Å²) in [7, 11) is 1.65. The van der Waals surface area contributed by atoms with E-state index in [4.69, 9.17) is 9.26 Å². The maximum absolute atomic E-state index is 13.1. The third-order valence-electron chi connectivity index (χ3n) is 2.91. The molecule has 0 fully saturated rings. The standard InChI is InChI=1S/C15H17FN2O3/c1-10-7-13(17-21-10)9-18(3)15(19)11(2)20-14-6-4-5-12(16)8-14/h4-8,11H,9H2,1-3H3/t11-/m0/s1. The van der Waals surface area contributed by atoms with E-state index in [1.54, 1.807) is 33.0 Å². The van der Waals surface area contributed by atoms with E-state index < -0.39 is 11.9 Å². The lowest BCUT2D eigenvalue weighted by atomic mass is 10.3. The van der Waals surface area contributed by atoms with Crippen molar-refractivity contribution in [2.24, 2.45) is 0 Å². The number of rotatable bonds is 5. The van der Waals surface area contributed by atoms with Crippen molar-refractivity contribution in [3.05, 3.63) is 47.6 Å². The molecular formula is C15H17FN2O3. The Labute approximate surface area is 122 Å². The summed E-state index contributed by atoms with van der Waals surface area (Å²) >= 11 is 0. The van der Waals surface area contributed by atoms with Gasteiger partial charge in [0.15, 0.2) is 6.10 Å². The molecule has 0 bridgehead atoms. The number of benzene rings is 1. The number of halogens is 1. The van der Waals surface area contributed by atoms with Crippen LogP contribution < -0.4 is 4.74 Å². The number of amides is 1. The lowest BCUT2D eigenvalue weighted by molar-refractivity contribution is -0.137. The molecule has 0 radical (unpaired) electrons. The van der Waals surface area contributed by atoms with E-state index in [1.807, 2.05) is 0 Å². The summed E-state index contributed by atoms with van der Waals surface area (Å²) in [5.41, 5.74) is 0.668. The largest absolute Gasteiger partial charge is 0.481 e. The van der Waals surface area contributed by atoms with E-state index in [-0.39, 0.29) is 5.91 Å². The van der Waals surface area contributed by atoms with Gasteiger partial charge in [0.1, 0.15) is 23.0 Å². The summed E-state index contributed by atoms with van der Waals surface area (Å²) in [4.78, 5) is 13.7. The Kier molecular flexibility index (Phi) is 4.57. The summed E-state index contributed by atoms with van der Waals surface area (Å²) in [5, 5.41) is 3.83. The number of hydrogen-bond donors (Lipinski definition) is 0. The van der Waals surface area contributed by atoms with Gasteiger partial charge in [-0.15, -0.1) is 0 Å². The van der Waals surface area contributed by atoms with Crippen LogP contribution in [0.2, 0.25) is 0 Å². The van der Waals surface area contributed by atoms with Crippen LogP contribution in [-0.4, -0.2) is 29.1 Å².